The normalized spacial score (nSPS) is 20.5. The molecule has 2 fully saturated rings. The van der Waals surface area contributed by atoms with Gasteiger partial charge in [-0.1, -0.05) is 13.0 Å². The van der Waals surface area contributed by atoms with Gasteiger partial charge in [0.1, 0.15) is 11.4 Å². The summed E-state index contributed by atoms with van der Waals surface area (Å²) in [4.78, 5) is 45.8. The second-order valence-corrected chi connectivity index (χ2v) is 13.5. The van der Waals surface area contributed by atoms with Crippen LogP contribution in [0.25, 0.3) is 0 Å². The van der Waals surface area contributed by atoms with Crippen LogP contribution in [0, 0.1) is 17.8 Å². The van der Waals surface area contributed by atoms with Crippen LogP contribution in [0.2, 0.25) is 0 Å². The molecule has 44 heavy (non-hydrogen) atoms. The minimum absolute atomic E-state index is 0.0165. The van der Waals surface area contributed by atoms with Gasteiger partial charge in [0.05, 0.1) is 19.1 Å². The molecule has 2 heterocycles. The highest BCUT2D eigenvalue weighted by atomic mass is 16.6. The Balaban J connectivity index is 1.81. The van der Waals surface area contributed by atoms with Crippen molar-refractivity contribution in [2.24, 2.45) is 17.8 Å². The van der Waals surface area contributed by atoms with Gasteiger partial charge in [0.25, 0.3) is 5.91 Å². The Bertz CT molecular complexity index is 1100. The fourth-order valence-electron chi connectivity index (χ4n) is 5.96. The molecule has 0 N–H and O–H groups in total. The molecule has 0 saturated carbocycles. The topological polar surface area (TPSA) is 97.9 Å². The van der Waals surface area contributed by atoms with Gasteiger partial charge < -0.3 is 33.6 Å². The van der Waals surface area contributed by atoms with Gasteiger partial charge in [-0.05, 0) is 71.6 Å². The van der Waals surface area contributed by atoms with Gasteiger partial charge in [0.2, 0.25) is 5.91 Å². The van der Waals surface area contributed by atoms with Crippen LogP contribution in [-0.4, -0.2) is 111 Å². The van der Waals surface area contributed by atoms with Crippen LogP contribution >= 0.6 is 0 Å². The van der Waals surface area contributed by atoms with E-state index in [-0.39, 0.29) is 41.7 Å². The maximum Gasteiger partial charge on any atom is 0.410 e. The summed E-state index contributed by atoms with van der Waals surface area (Å²) in [6, 6.07) is 5.61. The number of rotatable bonds is 13. The van der Waals surface area contributed by atoms with Crippen LogP contribution in [0.5, 0.6) is 5.75 Å². The molecule has 0 radical (unpaired) electrons. The molecule has 1 aromatic rings. The van der Waals surface area contributed by atoms with Crippen molar-refractivity contribution < 1.29 is 33.3 Å². The van der Waals surface area contributed by atoms with Crippen molar-refractivity contribution in [3.63, 3.8) is 0 Å². The fraction of sp³-hybridized carbons (Fsp3) is 0.735. The molecule has 0 aliphatic carbocycles. The van der Waals surface area contributed by atoms with E-state index < -0.39 is 5.60 Å². The molecule has 10 heteroatoms. The summed E-state index contributed by atoms with van der Waals surface area (Å²) in [5, 5.41) is 0. The first kappa shape index (κ1) is 35.6. The van der Waals surface area contributed by atoms with Crippen molar-refractivity contribution in [3.8, 4) is 5.75 Å². The lowest BCUT2D eigenvalue weighted by molar-refractivity contribution is -0.139. The summed E-state index contributed by atoms with van der Waals surface area (Å²) in [6.45, 7) is 15.8. The molecule has 0 bridgehead atoms. The van der Waals surface area contributed by atoms with E-state index >= 15 is 0 Å². The molecule has 3 amide bonds. The summed E-state index contributed by atoms with van der Waals surface area (Å²) in [5.41, 5.74) is 1.00. The Kier molecular flexibility index (Phi) is 13.3. The fourth-order valence-corrected chi connectivity index (χ4v) is 5.96. The first-order chi connectivity index (χ1) is 20.8. The molecule has 1 aromatic carbocycles. The number of benzene rings is 1. The predicted molar refractivity (Wildman–Crippen MR) is 170 cm³/mol. The van der Waals surface area contributed by atoms with Crippen LogP contribution in [0.3, 0.4) is 0 Å². The van der Waals surface area contributed by atoms with Crippen LogP contribution < -0.4 is 4.74 Å². The zero-order valence-corrected chi connectivity index (χ0v) is 28.2. The Morgan fingerprint density at radius 3 is 2.39 bits per heavy atom. The minimum atomic E-state index is -0.619. The summed E-state index contributed by atoms with van der Waals surface area (Å²) in [5.74, 6) is 0.525. The SMILES string of the molecule is CCc1ccc(C(=O)N(C[C@@H]2CN(C(=O)OC(C)(C)C)C[C@H]2CN(C)C(=O)[C@H]2CCCOC2)C(C)C)cc1OCCCOC. The number of hydrogen-bond acceptors (Lipinski definition) is 7. The summed E-state index contributed by atoms with van der Waals surface area (Å²) < 4.78 is 22.5. The number of ether oxygens (including phenoxy) is 4. The van der Waals surface area contributed by atoms with E-state index in [2.05, 4.69) is 6.92 Å². The smallest absolute Gasteiger partial charge is 0.410 e. The Hall–Kier alpha value is -2.85. The van der Waals surface area contributed by atoms with Crippen molar-refractivity contribution >= 4 is 17.9 Å². The Morgan fingerprint density at radius 1 is 1.09 bits per heavy atom. The third-order valence-corrected chi connectivity index (χ3v) is 8.38. The molecule has 2 aliphatic rings. The molecule has 2 saturated heterocycles. The molecular formula is C34H55N3O7. The van der Waals surface area contributed by atoms with Gasteiger partial charge in [0, 0.05) is 83.4 Å². The second kappa shape index (κ2) is 16.5. The first-order valence-electron chi connectivity index (χ1n) is 16.2. The van der Waals surface area contributed by atoms with Crippen molar-refractivity contribution in [2.45, 2.75) is 78.9 Å². The summed E-state index contributed by atoms with van der Waals surface area (Å²) >= 11 is 0. The van der Waals surface area contributed by atoms with Gasteiger partial charge in [-0.3, -0.25) is 9.59 Å². The predicted octanol–water partition coefficient (Wildman–Crippen LogP) is 4.88. The highest BCUT2D eigenvalue weighted by molar-refractivity contribution is 5.95. The van der Waals surface area contributed by atoms with Crippen molar-refractivity contribution in [1.82, 2.24) is 14.7 Å². The number of carbonyl (C=O) groups excluding carboxylic acids is 3. The van der Waals surface area contributed by atoms with Crippen molar-refractivity contribution in [3.05, 3.63) is 29.3 Å². The number of nitrogens with zero attached hydrogens (tertiary/aromatic N) is 3. The van der Waals surface area contributed by atoms with Crippen LogP contribution in [0.1, 0.15) is 76.7 Å². The van der Waals surface area contributed by atoms with E-state index in [9.17, 15) is 14.4 Å². The Morgan fingerprint density at radius 2 is 1.80 bits per heavy atom. The van der Waals surface area contributed by atoms with E-state index in [4.69, 9.17) is 18.9 Å². The molecule has 248 valence electrons. The van der Waals surface area contributed by atoms with Gasteiger partial charge in [-0.15, -0.1) is 0 Å². The number of amides is 3. The highest BCUT2D eigenvalue weighted by Crippen LogP contribution is 2.30. The van der Waals surface area contributed by atoms with Crippen LogP contribution in [0.4, 0.5) is 4.79 Å². The van der Waals surface area contributed by atoms with E-state index in [1.54, 1.807) is 16.9 Å². The number of aryl methyl sites for hydroxylation is 1. The van der Waals surface area contributed by atoms with E-state index in [0.29, 0.717) is 58.2 Å². The van der Waals surface area contributed by atoms with Crippen LogP contribution in [-0.2, 0) is 25.4 Å². The van der Waals surface area contributed by atoms with E-state index in [1.807, 2.05) is 64.8 Å². The minimum Gasteiger partial charge on any atom is -0.493 e. The van der Waals surface area contributed by atoms with E-state index in [0.717, 1.165) is 37.0 Å². The third-order valence-electron chi connectivity index (χ3n) is 8.38. The quantitative estimate of drug-likeness (QED) is 0.291. The lowest BCUT2D eigenvalue weighted by Crippen LogP contribution is -2.45. The molecule has 3 rings (SSSR count). The van der Waals surface area contributed by atoms with Crippen molar-refractivity contribution in [2.75, 3.05) is 66.8 Å². The number of likely N-dealkylation sites (tertiary alicyclic amines) is 1. The average Bonchev–Trinajstić information content (AvgIpc) is 3.39. The van der Waals surface area contributed by atoms with E-state index in [1.165, 1.54) is 0 Å². The third kappa shape index (κ3) is 10.1. The van der Waals surface area contributed by atoms with Gasteiger partial charge in [-0.25, -0.2) is 4.79 Å². The molecule has 0 unspecified atom stereocenters. The summed E-state index contributed by atoms with van der Waals surface area (Å²) in [6.07, 6.45) is 2.90. The van der Waals surface area contributed by atoms with Gasteiger partial charge in [0.15, 0.2) is 0 Å². The molecule has 0 spiro atoms. The largest absolute Gasteiger partial charge is 0.493 e. The second-order valence-electron chi connectivity index (χ2n) is 13.5. The zero-order chi connectivity index (χ0) is 32.4. The molecule has 3 atom stereocenters. The standard InChI is InChI=1S/C34H55N3O7/c1-9-25-13-14-26(18-30(25)43-17-11-15-41-8)32(39)37(24(2)3)22-29-21-36(33(40)44-34(4,5)6)20-28(29)19-35(7)31(38)27-12-10-16-42-23-27/h13-14,18,24,27-29H,9-12,15-17,19-23H2,1-8H3/t27-,28+,29-/m0/s1. The molecule has 10 nitrogen and oxygen atoms in total. The molecular weight excluding hydrogens is 562 g/mol. The first-order valence-corrected chi connectivity index (χ1v) is 16.2. The molecule has 0 aromatic heterocycles. The number of hydrogen-bond donors (Lipinski definition) is 0. The maximum atomic E-state index is 14.0. The monoisotopic (exact) mass is 617 g/mol. The van der Waals surface area contributed by atoms with Crippen LogP contribution in [0.15, 0.2) is 18.2 Å². The zero-order valence-electron chi connectivity index (χ0n) is 28.2. The highest BCUT2D eigenvalue weighted by Gasteiger charge is 2.40. The van der Waals surface area contributed by atoms with Gasteiger partial charge >= 0.3 is 6.09 Å². The Labute approximate surface area is 264 Å². The number of carbonyl (C=O) groups is 3. The number of methoxy groups -OCH3 is 1. The van der Waals surface area contributed by atoms with Gasteiger partial charge in [-0.2, -0.15) is 0 Å². The van der Waals surface area contributed by atoms with Crippen molar-refractivity contribution in [1.29, 1.82) is 0 Å². The lowest BCUT2D eigenvalue weighted by Gasteiger charge is -2.33. The lowest BCUT2D eigenvalue weighted by atomic mass is 9.93. The maximum absolute atomic E-state index is 14.0. The summed E-state index contributed by atoms with van der Waals surface area (Å²) in [7, 11) is 3.50. The molecule has 2 aliphatic heterocycles. The average molecular weight is 618 g/mol.